The van der Waals surface area contributed by atoms with Crippen molar-refractivity contribution in [3.8, 4) is 0 Å². The summed E-state index contributed by atoms with van der Waals surface area (Å²) in [7, 11) is -3.48. The Morgan fingerprint density at radius 3 is 2.89 bits per heavy atom. The first-order valence-electron chi connectivity index (χ1n) is 5.51. The zero-order chi connectivity index (χ0) is 13.2. The molecule has 0 aromatic heterocycles. The Hall–Kier alpha value is -0.140. The molecule has 1 aliphatic heterocycles. The van der Waals surface area contributed by atoms with E-state index in [-0.39, 0.29) is 10.8 Å². The van der Waals surface area contributed by atoms with Gasteiger partial charge in [0, 0.05) is 17.6 Å². The SMILES string of the molecule is O=S(=O)(NCC1CCOC1)c1ccc(Cl)c(Br)c1. The van der Waals surface area contributed by atoms with E-state index in [0.717, 1.165) is 6.42 Å². The third kappa shape index (κ3) is 3.45. The van der Waals surface area contributed by atoms with Crippen LogP contribution in [0.4, 0.5) is 0 Å². The van der Waals surface area contributed by atoms with E-state index < -0.39 is 10.0 Å². The van der Waals surface area contributed by atoms with Crippen molar-refractivity contribution in [3.63, 3.8) is 0 Å². The van der Waals surface area contributed by atoms with Crippen LogP contribution in [0.15, 0.2) is 27.6 Å². The van der Waals surface area contributed by atoms with Gasteiger partial charge in [-0.05, 0) is 46.5 Å². The summed E-state index contributed by atoms with van der Waals surface area (Å²) in [5.41, 5.74) is 0. The Morgan fingerprint density at radius 1 is 1.50 bits per heavy atom. The lowest BCUT2D eigenvalue weighted by atomic mass is 10.1. The summed E-state index contributed by atoms with van der Waals surface area (Å²) in [4.78, 5) is 0.206. The highest BCUT2D eigenvalue weighted by Crippen LogP contribution is 2.25. The number of ether oxygens (including phenoxy) is 1. The van der Waals surface area contributed by atoms with Crippen LogP contribution in [-0.2, 0) is 14.8 Å². The quantitative estimate of drug-likeness (QED) is 0.903. The van der Waals surface area contributed by atoms with E-state index >= 15 is 0 Å². The molecular weight excluding hydrogens is 342 g/mol. The van der Waals surface area contributed by atoms with E-state index in [4.69, 9.17) is 16.3 Å². The molecule has 1 atom stereocenters. The molecule has 1 saturated heterocycles. The predicted octanol–water partition coefficient (Wildman–Crippen LogP) is 2.42. The Balaban J connectivity index is 2.07. The molecule has 18 heavy (non-hydrogen) atoms. The Labute approximate surface area is 120 Å². The van der Waals surface area contributed by atoms with Crippen molar-refractivity contribution in [2.45, 2.75) is 11.3 Å². The van der Waals surface area contributed by atoms with Gasteiger partial charge in [0.25, 0.3) is 0 Å². The molecule has 0 spiro atoms. The molecule has 100 valence electrons. The molecule has 2 rings (SSSR count). The molecule has 0 aliphatic carbocycles. The second-order valence-corrected chi connectivity index (χ2v) is 7.19. The summed E-state index contributed by atoms with van der Waals surface area (Å²) in [6.45, 7) is 1.73. The third-order valence-electron chi connectivity index (χ3n) is 2.79. The molecule has 1 aromatic carbocycles. The van der Waals surface area contributed by atoms with Crippen LogP contribution in [0.5, 0.6) is 0 Å². The molecule has 0 bridgehead atoms. The van der Waals surface area contributed by atoms with Crippen LogP contribution in [0.25, 0.3) is 0 Å². The number of halogens is 2. The molecule has 1 heterocycles. The van der Waals surface area contributed by atoms with E-state index in [0.29, 0.717) is 29.3 Å². The monoisotopic (exact) mass is 353 g/mol. The Bertz CT molecular complexity index is 529. The zero-order valence-electron chi connectivity index (χ0n) is 9.53. The fourth-order valence-corrected chi connectivity index (χ4v) is 3.49. The second-order valence-electron chi connectivity index (χ2n) is 4.16. The summed E-state index contributed by atoms with van der Waals surface area (Å²) >= 11 is 9.04. The average molecular weight is 355 g/mol. The predicted molar refractivity (Wildman–Crippen MR) is 73.3 cm³/mol. The zero-order valence-corrected chi connectivity index (χ0v) is 12.7. The second kappa shape index (κ2) is 5.88. The molecule has 7 heteroatoms. The molecule has 1 aliphatic rings. The molecular formula is C11H13BrClNO3S. The van der Waals surface area contributed by atoms with Crippen molar-refractivity contribution in [3.05, 3.63) is 27.7 Å². The van der Waals surface area contributed by atoms with Crippen LogP contribution in [0.2, 0.25) is 5.02 Å². The highest BCUT2D eigenvalue weighted by molar-refractivity contribution is 9.10. The van der Waals surface area contributed by atoms with Crippen molar-refractivity contribution in [2.24, 2.45) is 5.92 Å². The Morgan fingerprint density at radius 2 is 2.28 bits per heavy atom. The van der Waals surface area contributed by atoms with Gasteiger partial charge in [-0.1, -0.05) is 11.6 Å². The molecule has 1 fully saturated rings. The maximum absolute atomic E-state index is 12.0. The first kappa shape index (κ1) is 14.3. The van der Waals surface area contributed by atoms with Gasteiger partial charge in [0.15, 0.2) is 0 Å². The number of rotatable bonds is 4. The van der Waals surface area contributed by atoms with Crippen LogP contribution >= 0.6 is 27.5 Å². The fraction of sp³-hybridized carbons (Fsp3) is 0.455. The molecule has 0 radical (unpaired) electrons. The van der Waals surface area contributed by atoms with Gasteiger partial charge in [0.2, 0.25) is 10.0 Å². The maximum Gasteiger partial charge on any atom is 0.240 e. The molecule has 0 amide bonds. The van der Waals surface area contributed by atoms with E-state index in [2.05, 4.69) is 20.7 Å². The van der Waals surface area contributed by atoms with E-state index in [1.165, 1.54) is 12.1 Å². The van der Waals surface area contributed by atoms with Crippen LogP contribution in [0.3, 0.4) is 0 Å². The highest BCUT2D eigenvalue weighted by Gasteiger charge is 2.20. The Kier molecular flexibility index (Phi) is 4.66. The number of sulfonamides is 1. The minimum atomic E-state index is -3.48. The highest BCUT2D eigenvalue weighted by atomic mass is 79.9. The van der Waals surface area contributed by atoms with E-state index in [1.54, 1.807) is 6.07 Å². The van der Waals surface area contributed by atoms with Crippen molar-refractivity contribution in [1.29, 1.82) is 0 Å². The lowest BCUT2D eigenvalue weighted by molar-refractivity contribution is 0.186. The summed E-state index contributed by atoms with van der Waals surface area (Å²) in [6, 6.07) is 4.54. The smallest absolute Gasteiger partial charge is 0.240 e. The molecule has 1 N–H and O–H groups in total. The van der Waals surface area contributed by atoms with Gasteiger partial charge >= 0.3 is 0 Å². The van der Waals surface area contributed by atoms with Crippen LogP contribution in [0, 0.1) is 5.92 Å². The van der Waals surface area contributed by atoms with Gasteiger partial charge in [-0.15, -0.1) is 0 Å². The van der Waals surface area contributed by atoms with Gasteiger partial charge < -0.3 is 4.74 Å². The molecule has 4 nitrogen and oxygen atoms in total. The van der Waals surface area contributed by atoms with Gasteiger partial charge in [0.1, 0.15) is 0 Å². The summed E-state index contributed by atoms with van der Waals surface area (Å²) in [5, 5.41) is 0.484. The largest absolute Gasteiger partial charge is 0.381 e. The fourth-order valence-electron chi connectivity index (χ4n) is 1.70. The van der Waals surface area contributed by atoms with Gasteiger partial charge in [-0.2, -0.15) is 0 Å². The van der Waals surface area contributed by atoms with Crippen molar-refractivity contribution in [1.82, 2.24) is 4.72 Å². The molecule has 0 saturated carbocycles. The van der Waals surface area contributed by atoms with Crippen molar-refractivity contribution in [2.75, 3.05) is 19.8 Å². The first-order chi connectivity index (χ1) is 8.49. The van der Waals surface area contributed by atoms with Crippen molar-refractivity contribution >= 4 is 37.6 Å². The topological polar surface area (TPSA) is 55.4 Å². The van der Waals surface area contributed by atoms with Crippen LogP contribution in [0.1, 0.15) is 6.42 Å². The number of nitrogens with one attached hydrogen (secondary N) is 1. The first-order valence-corrected chi connectivity index (χ1v) is 8.17. The third-order valence-corrected chi connectivity index (χ3v) is 5.42. The lowest BCUT2D eigenvalue weighted by Crippen LogP contribution is -2.29. The summed E-state index contributed by atoms with van der Waals surface area (Å²) < 4.78 is 32.4. The maximum atomic E-state index is 12.0. The standard InChI is InChI=1S/C11H13BrClNO3S/c12-10-5-9(1-2-11(10)13)18(15,16)14-6-8-3-4-17-7-8/h1-2,5,8,14H,3-4,6-7H2. The number of hydrogen-bond donors (Lipinski definition) is 1. The van der Waals surface area contributed by atoms with E-state index in [1.807, 2.05) is 0 Å². The molecule has 1 unspecified atom stereocenters. The summed E-state index contributed by atoms with van der Waals surface area (Å²) in [5.74, 6) is 0.260. The van der Waals surface area contributed by atoms with E-state index in [9.17, 15) is 8.42 Å². The lowest BCUT2D eigenvalue weighted by Gasteiger charge is -2.10. The minimum absolute atomic E-state index is 0.206. The normalized spacial score (nSPS) is 20.2. The van der Waals surface area contributed by atoms with Crippen molar-refractivity contribution < 1.29 is 13.2 Å². The van der Waals surface area contributed by atoms with Crippen LogP contribution in [-0.4, -0.2) is 28.2 Å². The van der Waals surface area contributed by atoms with Crippen LogP contribution < -0.4 is 4.72 Å². The van der Waals surface area contributed by atoms with Gasteiger partial charge in [-0.3, -0.25) is 0 Å². The average Bonchev–Trinajstić information content (AvgIpc) is 2.83. The van der Waals surface area contributed by atoms with Gasteiger partial charge in [0.05, 0.1) is 16.5 Å². The minimum Gasteiger partial charge on any atom is -0.381 e. The number of hydrogen-bond acceptors (Lipinski definition) is 3. The summed E-state index contributed by atoms with van der Waals surface area (Å²) in [6.07, 6.45) is 0.896. The van der Waals surface area contributed by atoms with Gasteiger partial charge in [-0.25, -0.2) is 13.1 Å². The molecule has 1 aromatic rings. The number of benzene rings is 1.